The monoisotopic (exact) mass is 270 g/mol. The van der Waals surface area contributed by atoms with Crippen LogP contribution in [0.15, 0.2) is 0 Å². The second kappa shape index (κ2) is 6.23. The van der Waals surface area contributed by atoms with E-state index in [2.05, 4.69) is 5.32 Å². The molecule has 110 valence electrons. The van der Waals surface area contributed by atoms with E-state index < -0.39 is 12.1 Å². The van der Waals surface area contributed by atoms with Gasteiger partial charge in [-0.05, 0) is 24.2 Å². The van der Waals surface area contributed by atoms with Gasteiger partial charge in [0.05, 0.1) is 6.04 Å². The molecule has 0 aliphatic carbocycles. The number of nitrogens with zero attached hydrogens (tertiary/aromatic N) is 1. The lowest BCUT2D eigenvalue weighted by atomic mass is 9.86. The summed E-state index contributed by atoms with van der Waals surface area (Å²) >= 11 is 0. The summed E-state index contributed by atoms with van der Waals surface area (Å²) in [6.07, 6.45) is 1.93. The molecule has 5 N–H and O–H groups in total. The molecule has 1 fully saturated rings. The highest BCUT2D eigenvalue weighted by Crippen LogP contribution is 2.22. The summed E-state index contributed by atoms with van der Waals surface area (Å²) in [5, 5.41) is 2.60. The van der Waals surface area contributed by atoms with Crippen molar-refractivity contribution in [3.63, 3.8) is 0 Å². The Balaban J connectivity index is 2.54. The Morgan fingerprint density at radius 3 is 2.58 bits per heavy atom. The fourth-order valence-electron chi connectivity index (χ4n) is 2.24. The molecule has 0 saturated carbocycles. The zero-order chi connectivity index (χ0) is 14.6. The van der Waals surface area contributed by atoms with Crippen LogP contribution in [0.3, 0.4) is 0 Å². The second-order valence-corrected chi connectivity index (χ2v) is 6.38. The first kappa shape index (κ1) is 15.8. The fraction of sp³-hybridized carbons (Fsp3) is 0.846. The van der Waals surface area contributed by atoms with Gasteiger partial charge in [-0.15, -0.1) is 0 Å². The third-order valence-corrected chi connectivity index (χ3v) is 3.59. The van der Waals surface area contributed by atoms with E-state index in [1.54, 1.807) is 0 Å². The van der Waals surface area contributed by atoms with Crippen molar-refractivity contribution in [3.05, 3.63) is 0 Å². The Labute approximate surface area is 114 Å². The fourth-order valence-corrected chi connectivity index (χ4v) is 2.24. The van der Waals surface area contributed by atoms with Crippen molar-refractivity contribution in [3.8, 4) is 0 Å². The van der Waals surface area contributed by atoms with Crippen LogP contribution < -0.4 is 16.8 Å². The summed E-state index contributed by atoms with van der Waals surface area (Å²) in [4.78, 5) is 24.8. The van der Waals surface area contributed by atoms with Gasteiger partial charge in [-0.2, -0.15) is 0 Å². The SMILES string of the molecule is CC(C)(C)C(N)C(=O)N1CCCC(CNC(N)=O)C1. The molecule has 2 atom stereocenters. The molecule has 0 aromatic heterocycles. The number of piperidine rings is 1. The summed E-state index contributed by atoms with van der Waals surface area (Å²) in [5.74, 6) is 0.258. The predicted octanol–water partition coefficient (Wildman–Crippen LogP) is 0.267. The number of likely N-dealkylation sites (tertiary alicyclic amines) is 1. The first-order chi connectivity index (χ1) is 8.71. The van der Waals surface area contributed by atoms with Gasteiger partial charge in [0.25, 0.3) is 0 Å². The number of hydrogen-bond acceptors (Lipinski definition) is 3. The van der Waals surface area contributed by atoms with Crippen molar-refractivity contribution in [2.75, 3.05) is 19.6 Å². The van der Waals surface area contributed by atoms with Crippen molar-refractivity contribution in [2.24, 2.45) is 22.8 Å². The van der Waals surface area contributed by atoms with Gasteiger partial charge in [0.15, 0.2) is 0 Å². The molecule has 0 radical (unpaired) electrons. The molecule has 1 heterocycles. The summed E-state index contributed by atoms with van der Waals surface area (Å²) < 4.78 is 0. The van der Waals surface area contributed by atoms with Gasteiger partial charge in [0.1, 0.15) is 0 Å². The number of nitrogens with one attached hydrogen (secondary N) is 1. The molecule has 0 spiro atoms. The van der Waals surface area contributed by atoms with Crippen LogP contribution >= 0.6 is 0 Å². The van der Waals surface area contributed by atoms with Gasteiger partial charge >= 0.3 is 6.03 Å². The molecule has 1 rings (SSSR count). The minimum atomic E-state index is -0.519. The maximum Gasteiger partial charge on any atom is 0.312 e. The molecular weight excluding hydrogens is 244 g/mol. The zero-order valence-corrected chi connectivity index (χ0v) is 12.1. The maximum absolute atomic E-state index is 12.3. The van der Waals surface area contributed by atoms with E-state index in [0.717, 1.165) is 19.4 Å². The van der Waals surface area contributed by atoms with Gasteiger partial charge in [-0.25, -0.2) is 4.79 Å². The van der Waals surface area contributed by atoms with E-state index in [4.69, 9.17) is 11.5 Å². The number of urea groups is 1. The first-order valence-electron chi connectivity index (χ1n) is 6.79. The van der Waals surface area contributed by atoms with E-state index in [0.29, 0.717) is 13.1 Å². The van der Waals surface area contributed by atoms with E-state index in [-0.39, 0.29) is 17.2 Å². The van der Waals surface area contributed by atoms with Gasteiger partial charge in [-0.3, -0.25) is 4.79 Å². The van der Waals surface area contributed by atoms with Crippen molar-refractivity contribution in [2.45, 2.75) is 39.7 Å². The number of amides is 3. The summed E-state index contributed by atoms with van der Waals surface area (Å²) in [6.45, 7) is 7.80. The summed E-state index contributed by atoms with van der Waals surface area (Å²) in [5.41, 5.74) is 10.8. The Kier molecular flexibility index (Phi) is 5.17. The molecule has 1 aliphatic heterocycles. The number of rotatable bonds is 3. The van der Waals surface area contributed by atoms with Crippen LogP contribution in [0.1, 0.15) is 33.6 Å². The highest BCUT2D eigenvalue weighted by molar-refractivity contribution is 5.82. The molecule has 0 aromatic rings. The molecule has 2 unspecified atom stereocenters. The lowest BCUT2D eigenvalue weighted by Gasteiger charge is -2.37. The average molecular weight is 270 g/mol. The number of carbonyl (C=O) groups is 2. The highest BCUT2D eigenvalue weighted by atomic mass is 16.2. The summed E-state index contributed by atoms with van der Waals surface area (Å²) in [6, 6.07) is -1.01. The molecule has 6 heteroatoms. The largest absolute Gasteiger partial charge is 0.352 e. The lowest BCUT2D eigenvalue weighted by Crippen LogP contribution is -2.53. The van der Waals surface area contributed by atoms with Crippen molar-refractivity contribution in [1.82, 2.24) is 10.2 Å². The third kappa shape index (κ3) is 4.70. The van der Waals surface area contributed by atoms with Gasteiger partial charge in [-0.1, -0.05) is 20.8 Å². The van der Waals surface area contributed by atoms with Crippen LogP contribution in [-0.4, -0.2) is 42.5 Å². The molecule has 6 nitrogen and oxygen atoms in total. The molecule has 1 saturated heterocycles. The van der Waals surface area contributed by atoms with E-state index in [9.17, 15) is 9.59 Å². The maximum atomic E-state index is 12.3. The minimum absolute atomic E-state index is 0.00345. The predicted molar refractivity (Wildman–Crippen MR) is 74.3 cm³/mol. The topological polar surface area (TPSA) is 101 Å². The lowest BCUT2D eigenvalue weighted by molar-refractivity contribution is -0.136. The normalized spacial score (nSPS) is 21.9. The number of hydrogen-bond donors (Lipinski definition) is 3. The summed E-state index contributed by atoms with van der Waals surface area (Å²) in [7, 11) is 0. The van der Waals surface area contributed by atoms with E-state index in [1.165, 1.54) is 0 Å². The molecule has 3 amide bonds. The second-order valence-electron chi connectivity index (χ2n) is 6.38. The quantitative estimate of drug-likeness (QED) is 0.686. The number of nitrogens with two attached hydrogens (primary N) is 2. The van der Waals surface area contributed by atoms with Crippen molar-refractivity contribution >= 4 is 11.9 Å². The van der Waals surface area contributed by atoms with Crippen LogP contribution in [0.4, 0.5) is 4.79 Å². The standard InChI is InChI=1S/C13H26N4O2/c1-13(2,3)10(14)11(18)17-6-4-5-9(8-17)7-16-12(15)19/h9-10H,4-8,14H2,1-3H3,(H3,15,16,19). The van der Waals surface area contributed by atoms with Gasteiger partial charge in [0.2, 0.25) is 5.91 Å². The van der Waals surface area contributed by atoms with Crippen LogP contribution in [0.5, 0.6) is 0 Å². The third-order valence-electron chi connectivity index (χ3n) is 3.59. The number of primary amides is 1. The van der Waals surface area contributed by atoms with Gasteiger partial charge in [0, 0.05) is 19.6 Å². The average Bonchev–Trinajstić information content (AvgIpc) is 2.33. The van der Waals surface area contributed by atoms with Crippen LogP contribution in [0.25, 0.3) is 0 Å². The number of carbonyl (C=O) groups excluding carboxylic acids is 2. The highest BCUT2D eigenvalue weighted by Gasteiger charge is 2.33. The van der Waals surface area contributed by atoms with Crippen molar-refractivity contribution in [1.29, 1.82) is 0 Å². The Hall–Kier alpha value is -1.30. The van der Waals surface area contributed by atoms with Crippen molar-refractivity contribution < 1.29 is 9.59 Å². The molecule has 0 aromatic carbocycles. The Morgan fingerprint density at radius 1 is 1.42 bits per heavy atom. The van der Waals surface area contributed by atoms with Crippen LogP contribution in [0.2, 0.25) is 0 Å². The molecule has 0 bridgehead atoms. The Bertz CT molecular complexity index is 338. The van der Waals surface area contributed by atoms with Crippen LogP contribution in [-0.2, 0) is 4.79 Å². The van der Waals surface area contributed by atoms with E-state index in [1.807, 2.05) is 25.7 Å². The smallest absolute Gasteiger partial charge is 0.312 e. The zero-order valence-electron chi connectivity index (χ0n) is 12.1. The Morgan fingerprint density at radius 2 is 2.05 bits per heavy atom. The molecule has 19 heavy (non-hydrogen) atoms. The van der Waals surface area contributed by atoms with Gasteiger partial charge < -0.3 is 21.7 Å². The minimum Gasteiger partial charge on any atom is -0.352 e. The first-order valence-corrected chi connectivity index (χ1v) is 6.79. The molecule has 1 aliphatic rings. The van der Waals surface area contributed by atoms with E-state index >= 15 is 0 Å². The molecular formula is C13H26N4O2. The van der Waals surface area contributed by atoms with Crippen LogP contribution in [0, 0.1) is 11.3 Å².